The molecule has 1 aliphatic heterocycles. The molecule has 0 fully saturated rings. The number of carbonyl (C=O) groups excluding carboxylic acids is 2. The first-order valence-electron chi connectivity index (χ1n) is 9.30. The fraction of sp³-hybridized carbons (Fsp3) is 0.238. The van der Waals surface area contributed by atoms with Crippen molar-refractivity contribution in [3.05, 3.63) is 64.4 Å². The molecule has 0 unspecified atom stereocenters. The van der Waals surface area contributed by atoms with Crippen molar-refractivity contribution in [3.8, 4) is 5.75 Å². The molecule has 0 saturated heterocycles. The highest BCUT2D eigenvalue weighted by molar-refractivity contribution is 7.14. The minimum atomic E-state index is -0.559. The maximum Gasteiger partial charge on any atom is 0.360 e. The second-order valence-electron chi connectivity index (χ2n) is 6.41. The van der Waals surface area contributed by atoms with E-state index in [4.69, 9.17) is 14.0 Å². The molecule has 3 heterocycles. The number of anilines is 1. The van der Waals surface area contributed by atoms with Crippen LogP contribution >= 0.6 is 11.3 Å². The van der Waals surface area contributed by atoms with E-state index in [1.807, 2.05) is 35.7 Å². The molecule has 8 nitrogen and oxygen atoms in total. The van der Waals surface area contributed by atoms with E-state index in [1.54, 1.807) is 18.9 Å². The van der Waals surface area contributed by atoms with Gasteiger partial charge in [-0.2, -0.15) is 0 Å². The molecule has 1 aromatic carbocycles. The molecule has 30 heavy (non-hydrogen) atoms. The highest BCUT2D eigenvalue weighted by atomic mass is 32.1. The molecule has 9 heteroatoms. The lowest BCUT2D eigenvalue weighted by atomic mass is 10.0. The number of rotatable bonds is 6. The Kier molecular flexibility index (Phi) is 5.62. The summed E-state index contributed by atoms with van der Waals surface area (Å²) in [6.45, 7) is 2.11. The first-order valence-corrected chi connectivity index (χ1v) is 10.2. The van der Waals surface area contributed by atoms with E-state index in [1.165, 1.54) is 17.4 Å². The van der Waals surface area contributed by atoms with Gasteiger partial charge in [0.15, 0.2) is 11.5 Å². The van der Waals surface area contributed by atoms with E-state index in [0.717, 1.165) is 27.6 Å². The number of ether oxygens (including phenoxy) is 2. The van der Waals surface area contributed by atoms with Gasteiger partial charge in [-0.3, -0.25) is 14.7 Å². The van der Waals surface area contributed by atoms with E-state index in [0.29, 0.717) is 5.76 Å². The lowest BCUT2D eigenvalue weighted by molar-refractivity contribution is -0.117. The minimum absolute atomic E-state index is 0.00162. The number of hydrogen-bond acceptors (Lipinski definition) is 8. The summed E-state index contributed by atoms with van der Waals surface area (Å²) in [5, 5.41) is 6.43. The van der Waals surface area contributed by atoms with Crippen molar-refractivity contribution in [2.24, 2.45) is 4.99 Å². The van der Waals surface area contributed by atoms with Gasteiger partial charge >= 0.3 is 5.97 Å². The van der Waals surface area contributed by atoms with Gasteiger partial charge in [0.2, 0.25) is 5.91 Å². The largest absolute Gasteiger partial charge is 0.497 e. The molecule has 154 valence electrons. The van der Waals surface area contributed by atoms with E-state index in [2.05, 4.69) is 10.1 Å². The molecule has 0 N–H and O–H groups in total. The number of methoxy groups -OCH3 is 1. The predicted octanol–water partition coefficient (Wildman–Crippen LogP) is 3.31. The fourth-order valence-electron chi connectivity index (χ4n) is 3.12. The number of amides is 1. The number of thiophene rings is 1. The average Bonchev–Trinajstić information content (AvgIpc) is 3.40. The topological polar surface area (TPSA) is 94.2 Å². The van der Waals surface area contributed by atoms with Crippen LogP contribution < -0.4 is 9.64 Å². The van der Waals surface area contributed by atoms with Crippen molar-refractivity contribution >= 4 is 33.9 Å². The quantitative estimate of drug-likeness (QED) is 0.563. The molecule has 2 aromatic heterocycles. The van der Waals surface area contributed by atoms with Crippen LogP contribution in [0.15, 0.2) is 51.3 Å². The van der Waals surface area contributed by atoms with Crippen LogP contribution in [0.2, 0.25) is 0 Å². The highest BCUT2D eigenvalue weighted by Gasteiger charge is 2.28. The fourth-order valence-corrected chi connectivity index (χ4v) is 4.04. The molecular weight excluding hydrogens is 406 g/mol. The standard InChI is InChI=1S/C21H19N3O5S/c1-3-28-21(26)17-10-15(29-23-17)12-24-18(25)11-22-19(16-8-9-30-20(16)24)13-4-6-14(27-2)7-5-13/h4-10H,3,11-12H2,1-2H3. The molecule has 0 spiro atoms. The molecule has 3 aromatic rings. The van der Waals surface area contributed by atoms with E-state index >= 15 is 0 Å². The van der Waals surface area contributed by atoms with E-state index in [9.17, 15) is 9.59 Å². The molecule has 0 aliphatic carbocycles. The van der Waals surface area contributed by atoms with Crippen molar-refractivity contribution in [2.45, 2.75) is 13.5 Å². The Balaban J connectivity index is 1.62. The van der Waals surface area contributed by atoms with E-state index in [-0.39, 0.29) is 31.3 Å². The first kappa shape index (κ1) is 19.8. The second kappa shape index (κ2) is 8.50. The summed E-state index contributed by atoms with van der Waals surface area (Å²) >= 11 is 1.44. The minimum Gasteiger partial charge on any atom is -0.497 e. The zero-order valence-corrected chi connectivity index (χ0v) is 17.3. The van der Waals surface area contributed by atoms with Crippen molar-refractivity contribution in [2.75, 3.05) is 25.2 Å². The van der Waals surface area contributed by atoms with Crippen LogP contribution in [0.4, 0.5) is 5.00 Å². The van der Waals surface area contributed by atoms with Crippen molar-refractivity contribution in [1.82, 2.24) is 5.16 Å². The van der Waals surface area contributed by atoms with Crippen LogP contribution in [-0.2, 0) is 16.1 Å². The number of aromatic nitrogens is 1. The summed E-state index contributed by atoms with van der Waals surface area (Å²) in [4.78, 5) is 30.8. The smallest absolute Gasteiger partial charge is 0.360 e. The van der Waals surface area contributed by atoms with Gasteiger partial charge < -0.3 is 14.0 Å². The third kappa shape index (κ3) is 3.84. The third-order valence-corrected chi connectivity index (χ3v) is 5.48. The van der Waals surface area contributed by atoms with Gasteiger partial charge in [-0.15, -0.1) is 11.3 Å². The van der Waals surface area contributed by atoms with Gasteiger partial charge in [0.05, 0.1) is 26.0 Å². The maximum atomic E-state index is 12.9. The third-order valence-electron chi connectivity index (χ3n) is 4.54. The monoisotopic (exact) mass is 425 g/mol. The number of nitrogens with zero attached hydrogens (tertiary/aromatic N) is 3. The predicted molar refractivity (Wildman–Crippen MR) is 111 cm³/mol. The van der Waals surface area contributed by atoms with Crippen LogP contribution in [0.25, 0.3) is 0 Å². The summed E-state index contributed by atoms with van der Waals surface area (Å²) in [5.41, 5.74) is 2.58. The van der Waals surface area contributed by atoms with Crippen molar-refractivity contribution in [3.63, 3.8) is 0 Å². The zero-order chi connectivity index (χ0) is 21.1. The maximum absolute atomic E-state index is 12.9. The number of carbonyl (C=O) groups is 2. The molecule has 0 saturated carbocycles. The molecular formula is C21H19N3O5S. The highest BCUT2D eigenvalue weighted by Crippen LogP contribution is 2.33. The van der Waals surface area contributed by atoms with Gasteiger partial charge in [0.25, 0.3) is 0 Å². The number of esters is 1. The SMILES string of the molecule is CCOC(=O)c1cc(CN2C(=O)CN=C(c3ccc(OC)cc3)c3ccsc32)on1. The number of fused-ring (bicyclic) bond motifs is 1. The number of benzene rings is 1. The van der Waals surface area contributed by atoms with Crippen LogP contribution in [0, 0.1) is 0 Å². The summed E-state index contributed by atoms with van der Waals surface area (Å²) < 4.78 is 15.4. The Bertz CT molecular complexity index is 1100. The van der Waals surface area contributed by atoms with Gasteiger partial charge in [0.1, 0.15) is 17.3 Å². The Morgan fingerprint density at radius 3 is 2.80 bits per heavy atom. The lowest BCUT2D eigenvalue weighted by Gasteiger charge is -2.18. The van der Waals surface area contributed by atoms with Crippen LogP contribution in [0.1, 0.15) is 34.3 Å². The molecule has 1 aliphatic rings. The van der Waals surface area contributed by atoms with Crippen LogP contribution in [0.3, 0.4) is 0 Å². The second-order valence-corrected chi connectivity index (χ2v) is 7.31. The summed E-state index contributed by atoms with van der Waals surface area (Å²) in [7, 11) is 1.61. The lowest BCUT2D eigenvalue weighted by Crippen LogP contribution is -2.31. The van der Waals surface area contributed by atoms with Gasteiger partial charge in [-0.1, -0.05) is 5.16 Å². The summed E-state index contributed by atoms with van der Waals surface area (Å²) in [6, 6.07) is 11.0. The Hall–Kier alpha value is -3.46. The van der Waals surface area contributed by atoms with E-state index < -0.39 is 5.97 Å². The van der Waals surface area contributed by atoms with Crippen molar-refractivity contribution < 1.29 is 23.6 Å². The molecule has 0 atom stereocenters. The summed E-state index contributed by atoms with van der Waals surface area (Å²) in [5.74, 6) is 0.408. The Labute approximate surface area is 176 Å². The van der Waals surface area contributed by atoms with Crippen LogP contribution in [-0.4, -0.2) is 43.0 Å². The first-order chi connectivity index (χ1) is 14.6. The number of hydrogen-bond donors (Lipinski definition) is 0. The molecule has 0 radical (unpaired) electrons. The van der Waals surface area contributed by atoms with Crippen molar-refractivity contribution in [1.29, 1.82) is 0 Å². The Morgan fingerprint density at radius 1 is 1.27 bits per heavy atom. The zero-order valence-electron chi connectivity index (χ0n) is 16.5. The van der Waals surface area contributed by atoms with Crippen LogP contribution in [0.5, 0.6) is 5.75 Å². The van der Waals surface area contributed by atoms with Gasteiger partial charge in [-0.05, 0) is 42.6 Å². The Morgan fingerprint density at radius 2 is 2.07 bits per heavy atom. The molecule has 4 rings (SSSR count). The normalized spacial score (nSPS) is 13.5. The average molecular weight is 425 g/mol. The number of aliphatic imine (C=N–C) groups is 1. The van der Waals surface area contributed by atoms with Gasteiger partial charge in [-0.25, -0.2) is 4.79 Å². The molecule has 0 bridgehead atoms. The summed E-state index contributed by atoms with van der Waals surface area (Å²) in [6.07, 6.45) is 0. The van der Waals surface area contributed by atoms with Gasteiger partial charge in [0, 0.05) is 17.2 Å². The molecule has 1 amide bonds.